The van der Waals surface area contributed by atoms with E-state index in [2.05, 4.69) is 15.6 Å². The first-order chi connectivity index (χ1) is 12.6. The lowest BCUT2D eigenvalue weighted by molar-refractivity contribution is -0.118. The van der Waals surface area contributed by atoms with Gasteiger partial charge in [-0.05, 0) is 24.1 Å². The van der Waals surface area contributed by atoms with Gasteiger partial charge in [0.15, 0.2) is 6.61 Å². The Labute approximate surface area is 154 Å². The number of carbonyl (C=O) groups is 2. The van der Waals surface area contributed by atoms with Gasteiger partial charge < -0.3 is 20.4 Å². The van der Waals surface area contributed by atoms with E-state index in [4.69, 9.17) is 16.3 Å². The van der Waals surface area contributed by atoms with E-state index in [0.29, 0.717) is 35.0 Å². The number of aromatic nitrogens is 1. The summed E-state index contributed by atoms with van der Waals surface area (Å²) in [5.74, 6) is 0.113. The molecular weight excluding hydrogens is 354 g/mol. The minimum atomic E-state index is -0.232. The van der Waals surface area contributed by atoms with Gasteiger partial charge in [-0.15, -0.1) is 0 Å². The summed E-state index contributed by atoms with van der Waals surface area (Å²) >= 11 is 6.20. The molecule has 2 amide bonds. The van der Waals surface area contributed by atoms with Crippen molar-refractivity contribution in [2.24, 2.45) is 0 Å². The minimum Gasteiger partial charge on any atom is -0.482 e. The van der Waals surface area contributed by atoms with Crippen LogP contribution in [-0.4, -0.2) is 23.4 Å². The second-order valence-corrected chi connectivity index (χ2v) is 6.48. The van der Waals surface area contributed by atoms with Crippen LogP contribution in [0.3, 0.4) is 0 Å². The summed E-state index contributed by atoms with van der Waals surface area (Å²) < 4.78 is 5.35. The number of fused-ring (bicyclic) bond motifs is 2. The van der Waals surface area contributed by atoms with Gasteiger partial charge in [0.2, 0.25) is 5.91 Å². The SMILES string of the molecule is O=C(CCc1c[nH]c2ccccc12)Nc1cc2c(cc1Cl)NC(=O)CO2. The molecule has 0 fully saturated rings. The second-order valence-electron chi connectivity index (χ2n) is 6.07. The highest BCUT2D eigenvalue weighted by atomic mass is 35.5. The molecule has 26 heavy (non-hydrogen) atoms. The number of amides is 2. The highest BCUT2D eigenvalue weighted by molar-refractivity contribution is 6.34. The van der Waals surface area contributed by atoms with E-state index in [0.717, 1.165) is 16.5 Å². The van der Waals surface area contributed by atoms with Crippen LogP contribution in [0.15, 0.2) is 42.6 Å². The molecule has 0 radical (unpaired) electrons. The fourth-order valence-corrected chi connectivity index (χ4v) is 3.21. The van der Waals surface area contributed by atoms with E-state index in [1.807, 2.05) is 30.5 Å². The second kappa shape index (κ2) is 6.72. The fourth-order valence-electron chi connectivity index (χ4n) is 3.00. The third kappa shape index (κ3) is 3.23. The fraction of sp³-hybridized carbons (Fsp3) is 0.158. The van der Waals surface area contributed by atoms with Gasteiger partial charge in [-0.2, -0.15) is 0 Å². The standard InChI is InChI=1S/C19H16ClN3O3/c20-13-7-16-17(26-10-19(25)23-16)8-15(13)22-18(24)6-5-11-9-21-14-4-2-1-3-12(11)14/h1-4,7-9,21H,5-6,10H2,(H,22,24)(H,23,25). The quantitative estimate of drug-likeness (QED) is 0.655. The molecule has 1 aliphatic rings. The number of para-hydroxylation sites is 1. The normalized spacial score (nSPS) is 13.0. The number of hydrogen-bond acceptors (Lipinski definition) is 3. The summed E-state index contributed by atoms with van der Waals surface area (Å²) in [6.45, 7) is -0.0530. The molecule has 0 atom stereocenters. The Morgan fingerprint density at radius 2 is 2.12 bits per heavy atom. The molecule has 4 rings (SSSR count). The zero-order valence-corrected chi connectivity index (χ0v) is 14.5. The van der Waals surface area contributed by atoms with Gasteiger partial charge in [0.25, 0.3) is 5.91 Å². The van der Waals surface area contributed by atoms with E-state index in [-0.39, 0.29) is 18.4 Å². The topological polar surface area (TPSA) is 83.2 Å². The Morgan fingerprint density at radius 1 is 1.27 bits per heavy atom. The predicted octanol–water partition coefficient (Wildman–Crippen LogP) is 3.72. The van der Waals surface area contributed by atoms with Crippen LogP contribution in [0.1, 0.15) is 12.0 Å². The lowest BCUT2D eigenvalue weighted by Gasteiger charge is -2.19. The Hall–Kier alpha value is -2.99. The molecule has 2 aromatic carbocycles. The highest BCUT2D eigenvalue weighted by Gasteiger charge is 2.19. The van der Waals surface area contributed by atoms with Crippen molar-refractivity contribution in [2.75, 3.05) is 17.2 Å². The molecule has 3 aromatic rings. The van der Waals surface area contributed by atoms with Crippen LogP contribution in [0.25, 0.3) is 10.9 Å². The van der Waals surface area contributed by atoms with Gasteiger partial charge in [-0.25, -0.2) is 0 Å². The van der Waals surface area contributed by atoms with Crippen molar-refractivity contribution in [3.8, 4) is 5.75 Å². The largest absolute Gasteiger partial charge is 0.482 e. The van der Waals surface area contributed by atoms with Crippen molar-refractivity contribution in [3.05, 3.63) is 53.2 Å². The highest BCUT2D eigenvalue weighted by Crippen LogP contribution is 2.36. The van der Waals surface area contributed by atoms with Crippen LogP contribution in [-0.2, 0) is 16.0 Å². The maximum Gasteiger partial charge on any atom is 0.262 e. The number of H-pyrrole nitrogens is 1. The number of halogens is 1. The molecule has 2 heterocycles. The molecule has 132 valence electrons. The summed E-state index contributed by atoms with van der Waals surface area (Å²) in [4.78, 5) is 26.9. The van der Waals surface area contributed by atoms with E-state index in [9.17, 15) is 9.59 Å². The first-order valence-electron chi connectivity index (χ1n) is 8.21. The molecule has 0 unspecified atom stereocenters. The smallest absolute Gasteiger partial charge is 0.262 e. The summed E-state index contributed by atoms with van der Waals surface area (Å²) in [5, 5.41) is 6.95. The van der Waals surface area contributed by atoms with E-state index in [1.165, 1.54) is 0 Å². The number of anilines is 2. The number of aryl methyl sites for hydroxylation is 1. The maximum absolute atomic E-state index is 12.3. The van der Waals surface area contributed by atoms with E-state index < -0.39 is 0 Å². The third-order valence-corrected chi connectivity index (χ3v) is 4.59. The average molecular weight is 370 g/mol. The van der Waals surface area contributed by atoms with Crippen molar-refractivity contribution in [1.29, 1.82) is 0 Å². The van der Waals surface area contributed by atoms with Crippen molar-refractivity contribution in [1.82, 2.24) is 4.98 Å². The van der Waals surface area contributed by atoms with Crippen LogP contribution < -0.4 is 15.4 Å². The van der Waals surface area contributed by atoms with Gasteiger partial charge in [-0.1, -0.05) is 29.8 Å². The molecule has 6 nitrogen and oxygen atoms in total. The van der Waals surface area contributed by atoms with Crippen molar-refractivity contribution in [3.63, 3.8) is 0 Å². The molecule has 0 saturated heterocycles. The Kier molecular flexibility index (Phi) is 4.26. The van der Waals surface area contributed by atoms with Crippen LogP contribution in [0.2, 0.25) is 5.02 Å². The maximum atomic E-state index is 12.3. The Morgan fingerprint density at radius 3 is 3.00 bits per heavy atom. The van der Waals surface area contributed by atoms with Crippen molar-refractivity contribution in [2.45, 2.75) is 12.8 Å². The van der Waals surface area contributed by atoms with Crippen LogP contribution in [0, 0.1) is 0 Å². The number of aromatic amines is 1. The molecule has 0 aliphatic carbocycles. The number of benzene rings is 2. The summed E-state index contributed by atoms with van der Waals surface area (Å²) in [6.07, 6.45) is 2.87. The first kappa shape index (κ1) is 16.5. The van der Waals surface area contributed by atoms with Crippen LogP contribution in [0.5, 0.6) is 5.75 Å². The zero-order chi connectivity index (χ0) is 18.1. The predicted molar refractivity (Wildman–Crippen MR) is 101 cm³/mol. The van der Waals surface area contributed by atoms with E-state index in [1.54, 1.807) is 12.1 Å². The van der Waals surface area contributed by atoms with Crippen molar-refractivity contribution >= 4 is 45.7 Å². The Balaban J connectivity index is 1.44. The molecule has 0 saturated carbocycles. The van der Waals surface area contributed by atoms with Crippen LogP contribution in [0.4, 0.5) is 11.4 Å². The molecule has 3 N–H and O–H groups in total. The number of nitrogens with one attached hydrogen (secondary N) is 3. The first-order valence-corrected chi connectivity index (χ1v) is 8.59. The average Bonchev–Trinajstić information content (AvgIpc) is 3.04. The molecule has 7 heteroatoms. The summed E-state index contributed by atoms with van der Waals surface area (Å²) in [5.41, 5.74) is 3.12. The summed E-state index contributed by atoms with van der Waals surface area (Å²) in [6, 6.07) is 11.2. The molecule has 1 aliphatic heterocycles. The lowest BCUT2D eigenvalue weighted by atomic mass is 10.1. The number of carbonyl (C=O) groups excluding carboxylic acids is 2. The van der Waals surface area contributed by atoms with E-state index >= 15 is 0 Å². The number of hydrogen-bond donors (Lipinski definition) is 3. The lowest BCUT2D eigenvalue weighted by Crippen LogP contribution is -2.25. The monoisotopic (exact) mass is 369 g/mol. The van der Waals surface area contributed by atoms with Gasteiger partial charge in [-0.3, -0.25) is 9.59 Å². The van der Waals surface area contributed by atoms with Crippen LogP contribution >= 0.6 is 11.6 Å². The summed E-state index contributed by atoms with van der Waals surface area (Å²) in [7, 11) is 0. The molecule has 1 aromatic heterocycles. The minimum absolute atomic E-state index is 0.0530. The molecule has 0 spiro atoms. The van der Waals surface area contributed by atoms with Gasteiger partial charge >= 0.3 is 0 Å². The molecule has 0 bridgehead atoms. The Bertz CT molecular complexity index is 1010. The number of ether oxygens (including phenoxy) is 1. The molecular formula is C19H16ClN3O3. The number of rotatable bonds is 4. The van der Waals surface area contributed by atoms with Crippen molar-refractivity contribution < 1.29 is 14.3 Å². The van der Waals surface area contributed by atoms with Gasteiger partial charge in [0.05, 0.1) is 16.4 Å². The van der Waals surface area contributed by atoms with Gasteiger partial charge in [0, 0.05) is 29.6 Å². The zero-order valence-electron chi connectivity index (χ0n) is 13.8. The third-order valence-electron chi connectivity index (χ3n) is 4.27. The van der Waals surface area contributed by atoms with Gasteiger partial charge in [0.1, 0.15) is 5.75 Å².